The number of nitrogens with zero attached hydrogens (tertiary/aromatic N) is 6. The van der Waals surface area contributed by atoms with Gasteiger partial charge in [-0.2, -0.15) is 15.8 Å². The number of aliphatic imine (C=N–C) groups is 1. The highest BCUT2D eigenvalue weighted by molar-refractivity contribution is 5.71. The molecule has 12 heavy (non-hydrogen) atoms. The molecule has 0 saturated heterocycles. The molecule has 0 aromatic carbocycles. The van der Waals surface area contributed by atoms with Crippen molar-refractivity contribution in [3.05, 3.63) is 16.4 Å². The van der Waals surface area contributed by atoms with Crippen molar-refractivity contribution >= 4 is 11.9 Å². The minimum Gasteiger partial charge on any atom is -0.762 e. The summed E-state index contributed by atoms with van der Waals surface area (Å²) in [7, 11) is 0. The van der Waals surface area contributed by atoms with Crippen molar-refractivity contribution < 1.29 is 0 Å². The van der Waals surface area contributed by atoms with E-state index < -0.39 is 5.57 Å². The molecule has 56 valence electrons. The van der Waals surface area contributed by atoms with Gasteiger partial charge in [-0.15, -0.1) is 6.01 Å². The molecule has 0 atom stereocenters. The summed E-state index contributed by atoms with van der Waals surface area (Å²) in [6.45, 7) is 0. The van der Waals surface area contributed by atoms with Crippen molar-refractivity contribution in [1.29, 1.82) is 15.8 Å². The molecule has 6 heteroatoms. The van der Waals surface area contributed by atoms with Crippen LogP contribution in [0, 0.1) is 34.1 Å². The third kappa shape index (κ3) is 10.3. The quantitative estimate of drug-likeness (QED) is 0.286. The van der Waals surface area contributed by atoms with Gasteiger partial charge < -0.3 is 15.8 Å². The Labute approximate surface area is 68.3 Å². The summed E-state index contributed by atoms with van der Waals surface area (Å²) in [6, 6.07) is 4.07. The summed E-state index contributed by atoms with van der Waals surface area (Å²) in [5.41, 5.74) is -0.403. The molecule has 0 amide bonds. The molecule has 0 heterocycles. The normalized spacial score (nSPS) is 4.42. The van der Waals surface area contributed by atoms with Crippen molar-refractivity contribution in [3.63, 3.8) is 0 Å². The summed E-state index contributed by atoms with van der Waals surface area (Å²) in [4.78, 5) is 2.58. The molecule has 0 bridgehead atoms. The minimum absolute atomic E-state index is 0.403. The van der Waals surface area contributed by atoms with Crippen LogP contribution in [0.1, 0.15) is 0 Å². The lowest BCUT2D eigenvalue weighted by Gasteiger charge is -1.68. The maximum Gasteiger partial charge on any atom is 0.148 e. The van der Waals surface area contributed by atoms with E-state index in [1.54, 1.807) is 0 Å². The molecule has 0 saturated carbocycles. The number of allylic oxidation sites excluding steroid dienone is 1. The molecule has 0 aliphatic carbocycles. The first kappa shape index (κ1) is 12.0. The standard InChI is InChI=1S/C4N3.C2N3/c5-1-4(2-6)3-7;3-1-5-2-4/q2*-1. The van der Waals surface area contributed by atoms with Crippen LogP contribution in [-0.2, 0) is 0 Å². The molecule has 0 rings (SSSR count). The molecular weight excluding hydrogens is 156 g/mol. The molecule has 0 spiro atoms. The molecule has 0 aliphatic heterocycles. The van der Waals surface area contributed by atoms with Crippen LogP contribution in [0.25, 0.3) is 10.8 Å². The SMILES string of the molecule is N#CC(=C=[N-])C#N.N#CN=C=[N-]. The number of nitriles is 3. The highest BCUT2D eigenvalue weighted by Gasteiger charge is 1.77. The van der Waals surface area contributed by atoms with Crippen LogP contribution in [0.4, 0.5) is 0 Å². The summed E-state index contributed by atoms with van der Waals surface area (Å²) < 4.78 is 0. The third-order valence-corrected chi connectivity index (χ3v) is 0.435. The zero-order valence-corrected chi connectivity index (χ0v) is 5.68. The lowest BCUT2D eigenvalue weighted by atomic mass is 10.4. The van der Waals surface area contributed by atoms with Crippen LogP contribution in [0.15, 0.2) is 10.6 Å². The topological polar surface area (TPSA) is 128 Å². The molecule has 0 aromatic heterocycles. The fourth-order valence-corrected chi connectivity index (χ4v) is 0.0974. The first-order valence-corrected chi connectivity index (χ1v) is 2.32. The van der Waals surface area contributed by atoms with Crippen molar-refractivity contribution in [2.24, 2.45) is 4.99 Å². The second-order valence-electron chi connectivity index (χ2n) is 1.02. The maximum absolute atomic E-state index is 7.79. The van der Waals surface area contributed by atoms with Gasteiger partial charge in [0.25, 0.3) is 0 Å². The van der Waals surface area contributed by atoms with E-state index in [0.29, 0.717) is 0 Å². The van der Waals surface area contributed by atoms with Crippen molar-refractivity contribution in [1.82, 2.24) is 0 Å². The lowest BCUT2D eigenvalue weighted by Crippen LogP contribution is -1.66. The van der Waals surface area contributed by atoms with Gasteiger partial charge in [0, 0.05) is 0 Å². The Hall–Kier alpha value is -2.70. The molecule has 0 unspecified atom stereocenters. The van der Waals surface area contributed by atoms with Gasteiger partial charge in [0.15, 0.2) is 0 Å². The summed E-state index contributed by atoms with van der Waals surface area (Å²) in [6.07, 6.45) is 1.28. The molecule has 0 aliphatic rings. The second kappa shape index (κ2) is 11.1. The van der Waals surface area contributed by atoms with Gasteiger partial charge in [0.2, 0.25) is 0 Å². The smallest absolute Gasteiger partial charge is 0.148 e. The molecule has 0 fully saturated rings. The van der Waals surface area contributed by atoms with Gasteiger partial charge in [-0.05, 0) is 0 Å². The van der Waals surface area contributed by atoms with Crippen molar-refractivity contribution in [2.75, 3.05) is 0 Å². The molecule has 0 radical (unpaired) electrons. The summed E-state index contributed by atoms with van der Waals surface area (Å²) in [5, 5.41) is 38.2. The van der Waals surface area contributed by atoms with Crippen LogP contribution in [0.3, 0.4) is 0 Å². The molecular formula is C6N6-2. The van der Waals surface area contributed by atoms with E-state index in [-0.39, 0.29) is 0 Å². The molecule has 6 nitrogen and oxygen atoms in total. The average Bonchev–Trinajstić information content (AvgIpc) is 2.10. The van der Waals surface area contributed by atoms with Gasteiger partial charge in [-0.1, -0.05) is 0 Å². The number of hydrogen-bond acceptors (Lipinski definition) is 4. The van der Waals surface area contributed by atoms with Gasteiger partial charge in [-0.25, -0.2) is 5.87 Å². The van der Waals surface area contributed by atoms with E-state index in [9.17, 15) is 0 Å². The number of rotatable bonds is 0. The highest BCUT2D eigenvalue weighted by atomic mass is 14.7. The van der Waals surface area contributed by atoms with E-state index in [4.69, 9.17) is 26.6 Å². The third-order valence-electron chi connectivity index (χ3n) is 0.435. The monoisotopic (exact) mass is 156 g/mol. The van der Waals surface area contributed by atoms with Gasteiger partial charge in [0.1, 0.15) is 17.7 Å². The van der Waals surface area contributed by atoms with E-state index in [1.807, 2.05) is 0 Å². The van der Waals surface area contributed by atoms with Crippen LogP contribution in [0.2, 0.25) is 0 Å². The Morgan fingerprint density at radius 1 is 1.08 bits per heavy atom. The second-order valence-corrected chi connectivity index (χ2v) is 1.02. The Kier molecular flexibility index (Phi) is 11.2. The van der Waals surface area contributed by atoms with Gasteiger partial charge in [0.05, 0.1) is 6.19 Å². The Balaban J connectivity index is 0. The minimum atomic E-state index is -0.403. The van der Waals surface area contributed by atoms with Crippen LogP contribution < -0.4 is 0 Å². The zero-order valence-electron chi connectivity index (χ0n) is 5.68. The largest absolute Gasteiger partial charge is 0.762 e. The van der Waals surface area contributed by atoms with Crippen molar-refractivity contribution in [3.8, 4) is 18.3 Å². The fraction of sp³-hybridized carbons (Fsp3) is 0. The summed E-state index contributed by atoms with van der Waals surface area (Å²) >= 11 is 0. The van der Waals surface area contributed by atoms with E-state index in [0.717, 1.165) is 0 Å². The zero-order chi connectivity index (χ0) is 9.82. The Morgan fingerprint density at radius 2 is 1.58 bits per heavy atom. The Morgan fingerprint density at radius 3 is 1.58 bits per heavy atom. The van der Waals surface area contributed by atoms with E-state index in [2.05, 4.69) is 4.99 Å². The van der Waals surface area contributed by atoms with Gasteiger partial charge >= 0.3 is 0 Å². The van der Waals surface area contributed by atoms with Crippen LogP contribution in [-0.4, -0.2) is 11.9 Å². The predicted molar refractivity (Wildman–Crippen MR) is 39.5 cm³/mol. The first-order valence-electron chi connectivity index (χ1n) is 2.32. The molecule has 0 N–H and O–H groups in total. The Bertz CT molecular complexity index is 331. The highest BCUT2D eigenvalue weighted by Crippen LogP contribution is 1.75. The first-order chi connectivity index (χ1) is 5.76. The van der Waals surface area contributed by atoms with E-state index >= 15 is 0 Å². The maximum atomic E-state index is 7.79. The van der Waals surface area contributed by atoms with Crippen molar-refractivity contribution in [2.45, 2.75) is 0 Å². The van der Waals surface area contributed by atoms with Crippen LogP contribution in [0.5, 0.6) is 0 Å². The lowest BCUT2D eigenvalue weighted by molar-refractivity contribution is 1.45. The van der Waals surface area contributed by atoms with Crippen LogP contribution >= 0.6 is 0 Å². The van der Waals surface area contributed by atoms with Gasteiger partial charge in [-0.3, -0.25) is 0 Å². The summed E-state index contributed by atoms with van der Waals surface area (Å²) in [5.74, 6) is 1.40. The number of hydrogen-bond donors (Lipinski definition) is 0. The average molecular weight is 156 g/mol. The fourth-order valence-electron chi connectivity index (χ4n) is 0.0974. The predicted octanol–water partition coefficient (Wildman–Crippen LogP) is 0.410. The van der Waals surface area contributed by atoms with E-state index in [1.165, 1.54) is 30.2 Å². The molecule has 0 aromatic rings.